The van der Waals surface area contributed by atoms with Crippen molar-refractivity contribution in [2.45, 2.75) is 11.7 Å². The second-order valence-electron chi connectivity index (χ2n) is 6.97. The molecule has 2 aromatic heterocycles. The SMILES string of the molecule is N#Cc1cc(-n2ccc3cc(OCc4coc(S(N)(=O)=O)c4)ccc32)cc(Cl)c1OCCCl. The molecule has 4 aromatic rings. The molecular weight excluding hydrogens is 489 g/mol. The summed E-state index contributed by atoms with van der Waals surface area (Å²) in [7, 11) is -3.90. The summed E-state index contributed by atoms with van der Waals surface area (Å²) < 4.78 is 40.7. The zero-order chi connectivity index (χ0) is 23.6. The number of sulfonamides is 1. The maximum Gasteiger partial charge on any atom is 0.271 e. The van der Waals surface area contributed by atoms with Gasteiger partial charge in [-0.2, -0.15) is 5.26 Å². The first kappa shape index (κ1) is 23.0. The van der Waals surface area contributed by atoms with Crippen LogP contribution in [0.1, 0.15) is 11.1 Å². The number of halogens is 2. The molecule has 4 rings (SSSR count). The minimum Gasteiger partial charge on any atom is -0.489 e. The summed E-state index contributed by atoms with van der Waals surface area (Å²) in [5.41, 5.74) is 2.42. The molecule has 8 nitrogen and oxygen atoms in total. The van der Waals surface area contributed by atoms with Crippen LogP contribution >= 0.6 is 23.2 Å². The number of fused-ring (bicyclic) bond motifs is 1. The predicted molar refractivity (Wildman–Crippen MR) is 124 cm³/mol. The third-order valence-corrected chi connectivity index (χ3v) is 5.94. The van der Waals surface area contributed by atoms with Crippen LogP contribution in [0.2, 0.25) is 5.02 Å². The molecule has 0 fully saturated rings. The molecule has 0 radical (unpaired) electrons. The van der Waals surface area contributed by atoms with Gasteiger partial charge in [0.25, 0.3) is 10.0 Å². The van der Waals surface area contributed by atoms with Crippen LogP contribution in [0.25, 0.3) is 16.6 Å². The van der Waals surface area contributed by atoms with E-state index < -0.39 is 10.0 Å². The van der Waals surface area contributed by atoms with E-state index >= 15 is 0 Å². The van der Waals surface area contributed by atoms with E-state index in [9.17, 15) is 13.7 Å². The lowest BCUT2D eigenvalue weighted by atomic mass is 10.2. The fourth-order valence-corrected chi connectivity index (χ4v) is 4.11. The van der Waals surface area contributed by atoms with Gasteiger partial charge >= 0.3 is 0 Å². The number of hydrogen-bond donors (Lipinski definition) is 1. The van der Waals surface area contributed by atoms with E-state index in [1.165, 1.54) is 12.3 Å². The lowest BCUT2D eigenvalue weighted by Gasteiger charge is -2.12. The Morgan fingerprint density at radius 2 is 1.97 bits per heavy atom. The Morgan fingerprint density at radius 1 is 1.15 bits per heavy atom. The minimum atomic E-state index is -3.90. The number of nitrogens with two attached hydrogens (primary N) is 1. The van der Waals surface area contributed by atoms with Crippen molar-refractivity contribution in [2.24, 2.45) is 5.14 Å². The Kier molecular flexibility index (Phi) is 6.54. The number of alkyl halides is 1. The first-order chi connectivity index (χ1) is 15.8. The molecule has 0 amide bonds. The smallest absolute Gasteiger partial charge is 0.271 e. The zero-order valence-corrected chi connectivity index (χ0v) is 19.3. The average Bonchev–Trinajstić information content (AvgIpc) is 3.43. The van der Waals surface area contributed by atoms with Crippen molar-refractivity contribution in [2.75, 3.05) is 12.5 Å². The van der Waals surface area contributed by atoms with Crippen LogP contribution in [0.4, 0.5) is 0 Å². The van der Waals surface area contributed by atoms with Gasteiger partial charge in [0.2, 0.25) is 5.09 Å². The lowest BCUT2D eigenvalue weighted by Crippen LogP contribution is -2.10. The van der Waals surface area contributed by atoms with Crippen molar-refractivity contribution < 1.29 is 22.3 Å². The summed E-state index contributed by atoms with van der Waals surface area (Å²) in [6.45, 7) is 0.350. The molecule has 2 aromatic carbocycles. The molecule has 0 aliphatic rings. The standard InChI is InChI=1S/C22H17Cl2N3O5S/c23-4-6-30-22-16(11-25)8-17(10-19(22)24)27-5-3-15-9-18(1-2-20(15)27)31-12-14-7-21(32-13-14)33(26,28)29/h1-3,5,7-10,13H,4,6,12H2,(H2,26,28,29). The fraction of sp³-hybridized carbons (Fsp3) is 0.136. The van der Waals surface area contributed by atoms with Crippen molar-refractivity contribution in [3.05, 3.63) is 71.1 Å². The summed E-state index contributed by atoms with van der Waals surface area (Å²) in [6, 6.07) is 14.2. The van der Waals surface area contributed by atoms with Crippen LogP contribution in [0, 0.1) is 11.3 Å². The van der Waals surface area contributed by atoms with E-state index in [0.29, 0.717) is 33.3 Å². The maximum absolute atomic E-state index is 11.3. The molecular formula is C22H17Cl2N3O5S. The van der Waals surface area contributed by atoms with E-state index in [-0.39, 0.29) is 24.2 Å². The van der Waals surface area contributed by atoms with E-state index in [2.05, 4.69) is 6.07 Å². The van der Waals surface area contributed by atoms with Gasteiger partial charge in [0, 0.05) is 28.9 Å². The highest BCUT2D eigenvalue weighted by molar-refractivity contribution is 7.89. The number of nitrogens with zero attached hydrogens (tertiary/aromatic N) is 2. The Morgan fingerprint density at radius 3 is 2.67 bits per heavy atom. The molecule has 0 saturated heterocycles. The summed E-state index contributed by atoms with van der Waals surface area (Å²) in [5, 5.41) is 15.5. The number of primary sulfonamides is 1. The molecule has 0 unspecified atom stereocenters. The Balaban J connectivity index is 1.58. The van der Waals surface area contributed by atoms with Crippen molar-refractivity contribution in [1.82, 2.24) is 4.57 Å². The normalized spacial score (nSPS) is 11.5. The Hall–Kier alpha value is -3.16. The van der Waals surface area contributed by atoms with E-state index in [0.717, 1.165) is 10.9 Å². The molecule has 0 saturated carbocycles. The molecule has 170 valence electrons. The third-order valence-electron chi connectivity index (χ3n) is 4.73. The van der Waals surface area contributed by atoms with Crippen LogP contribution in [0.15, 0.2) is 64.4 Å². The van der Waals surface area contributed by atoms with E-state index in [4.69, 9.17) is 42.2 Å². The van der Waals surface area contributed by atoms with Crippen molar-refractivity contribution in [3.63, 3.8) is 0 Å². The van der Waals surface area contributed by atoms with Gasteiger partial charge in [-0.15, -0.1) is 11.6 Å². The van der Waals surface area contributed by atoms with Crippen molar-refractivity contribution in [3.8, 4) is 23.3 Å². The summed E-state index contributed by atoms with van der Waals surface area (Å²) in [5.74, 6) is 1.17. The summed E-state index contributed by atoms with van der Waals surface area (Å²) in [4.78, 5) is 0. The number of ether oxygens (including phenoxy) is 2. The van der Waals surface area contributed by atoms with Crippen LogP contribution in [0.5, 0.6) is 11.5 Å². The van der Waals surface area contributed by atoms with Crippen molar-refractivity contribution in [1.29, 1.82) is 5.26 Å². The number of nitriles is 1. The Bertz CT molecular complexity index is 1470. The molecule has 0 bridgehead atoms. The van der Waals surface area contributed by atoms with Crippen molar-refractivity contribution >= 4 is 44.1 Å². The molecule has 0 aliphatic carbocycles. The first-order valence-corrected chi connectivity index (χ1v) is 12.0. The average molecular weight is 506 g/mol. The van der Waals surface area contributed by atoms with E-state index in [1.54, 1.807) is 18.2 Å². The van der Waals surface area contributed by atoms with Gasteiger partial charge in [0.15, 0.2) is 5.75 Å². The second kappa shape index (κ2) is 9.37. The number of aromatic nitrogens is 1. The number of benzene rings is 2. The quantitative estimate of drug-likeness (QED) is 0.349. The molecule has 0 spiro atoms. The van der Waals surface area contributed by atoms with Gasteiger partial charge in [-0.3, -0.25) is 0 Å². The van der Waals surface area contributed by atoms with Gasteiger partial charge in [-0.05, 0) is 36.4 Å². The molecule has 2 heterocycles. The Labute approximate surface area is 199 Å². The van der Waals surface area contributed by atoms with Gasteiger partial charge in [-0.1, -0.05) is 11.6 Å². The predicted octanol–water partition coefficient (Wildman–Crippen LogP) is 4.59. The fourth-order valence-electron chi connectivity index (χ4n) is 3.27. The molecule has 2 N–H and O–H groups in total. The topological polar surface area (TPSA) is 120 Å². The lowest BCUT2D eigenvalue weighted by molar-refractivity contribution is 0.305. The van der Waals surface area contributed by atoms with Gasteiger partial charge in [0.1, 0.15) is 25.0 Å². The zero-order valence-electron chi connectivity index (χ0n) is 17.0. The highest BCUT2D eigenvalue weighted by atomic mass is 35.5. The molecule has 0 aliphatic heterocycles. The number of furan rings is 1. The van der Waals surface area contributed by atoms with Gasteiger partial charge in [0.05, 0.1) is 28.2 Å². The van der Waals surface area contributed by atoms with Crippen LogP contribution < -0.4 is 14.6 Å². The largest absolute Gasteiger partial charge is 0.489 e. The summed E-state index contributed by atoms with van der Waals surface area (Å²) >= 11 is 12.0. The molecule has 33 heavy (non-hydrogen) atoms. The first-order valence-electron chi connectivity index (χ1n) is 9.57. The number of hydrogen-bond acceptors (Lipinski definition) is 6. The van der Waals surface area contributed by atoms with Crippen LogP contribution in [-0.2, 0) is 16.6 Å². The highest BCUT2D eigenvalue weighted by Gasteiger charge is 2.15. The monoisotopic (exact) mass is 505 g/mol. The van der Waals surface area contributed by atoms with E-state index in [1.807, 2.05) is 29.0 Å². The third kappa shape index (κ3) is 4.94. The second-order valence-corrected chi connectivity index (χ2v) is 9.25. The van der Waals surface area contributed by atoms with Crippen LogP contribution in [0.3, 0.4) is 0 Å². The van der Waals surface area contributed by atoms with Gasteiger partial charge < -0.3 is 18.5 Å². The molecule has 0 atom stereocenters. The van der Waals surface area contributed by atoms with Gasteiger partial charge in [-0.25, -0.2) is 13.6 Å². The van der Waals surface area contributed by atoms with Crippen LogP contribution in [-0.4, -0.2) is 25.5 Å². The maximum atomic E-state index is 11.3. The number of rotatable bonds is 8. The molecule has 11 heteroatoms. The minimum absolute atomic E-state index is 0.107. The summed E-state index contributed by atoms with van der Waals surface area (Å²) in [6.07, 6.45) is 3.14. The highest BCUT2D eigenvalue weighted by Crippen LogP contribution is 2.33.